The van der Waals surface area contributed by atoms with Gasteiger partial charge in [0.25, 0.3) is 0 Å². The molecular formula is C10H21ClOS. The third-order valence-corrected chi connectivity index (χ3v) is 3.89. The van der Waals surface area contributed by atoms with Gasteiger partial charge >= 0.3 is 0 Å². The number of thioether (sulfide) groups is 1. The van der Waals surface area contributed by atoms with E-state index in [1.165, 1.54) is 0 Å². The largest absolute Gasteiger partial charge is 0.379 e. The zero-order valence-corrected chi connectivity index (χ0v) is 10.7. The van der Waals surface area contributed by atoms with Crippen molar-refractivity contribution in [1.82, 2.24) is 0 Å². The summed E-state index contributed by atoms with van der Waals surface area (Å²) in [7, 11) is 1.77. The van der Waals surface area contributed by atoms with Crippen molar-refractivity contribution in [2.24, 2.45) is 5.92 Å². The second-order valence-corrected chi connectivity index (χ2v) is 5.51. The summed E-state index contributed by atoms with van der Waals surface area (Å²) in [5.41, 5.74) is 0.0250. The highest BCUT2D eigenvalue weighted by Gasteiger charge is 2.15. The average molecular weight is 225 g/mol. The maximum Gasteiger partial charge on any atom is 0.0630 e. The van der Waals surface area contributed by atoms with Crippen molar-refractivity contribution in [3.63, 3.8) is 0 Å². The van der Waals surface area contributed by atoms with Gasteiger partial charge < -0.3 is 4.74 Å². The van der Waals surface area contributed by atoms with Gasteiger partial charge in [-0.2, -0.15) is 11.8 Å². The van der Waals surface area contributed by atoms with Crippen LogP contribution in [0.2, 0.25) is 0 Å². The first-order chi connectivity index (χ1) is 6.02. The lowest BCUT2D eigenvalue weighted by atomic mass is 10.1. The van der Waals surface area contributed by atoms with Crippen molar-refractivity contribution in [3.05, 3.63) is 0 Å². The van der Waals surface area contributed by atoms with Crippen molar-refractivity contribution in [1.29, 1.82) is 0 Å². The molecule has 0 aliphatic heterocycles. The van der Waals surface area contributed by atoms with Gasteiger partial charge in [-0.3, -0.25) is 0 Å². The van der Waals surface area contributed by atoms with Gasteiger partial charge in [0.15, 0.2) is 0 Å². The molecule has 0 radical (unpaired) electrons. The van der Waals surface area contributed by atoms with Crippen molar-refractivity contribution in [2.45, 2.75) is 32.8 Å². The van der Waals surface area contributed by atoms with Crippen LogP contribution >= 0.6 is 23.4 Å². The normalized spacial score (nSPS) is 14.5. The second kappa shape index (κ2) is 6.97. The number of alkyl halides is 1. The molecule has 0 saturated heterocycles. The number of hydrogen-bond acceptors (Lipinski definition) is 2. The number of methoxy groups -OCH3 is 1. The zero-order chi connectivity index (χ0) is 10.3. The molecule has 13 heavy (non-hydrogen) atoms. The highest BCUT2D eigenvalue weighted by Crippen LogP contribution is 2.18. The lowest BCUT2D eigenvalue weighted by Crippen LogP contribution is -2.23. The molecule has 3 heteroatoms. The quantitative estimate of drug-likeness (QED) is 0.484. The molecule has 0 aliphatic carbocycles. The number of hydrogen-bond donors (Lipinski definition) is 0. The first-order valence-corrected chi connectivity index (χ1v) is 6.39. The van der Waals surface area contributed by atoms with Crippen LogP contribution < -0.4 is 0 Å². The van der Waals surface area contributed by atoms with E-state index in [0.29, 0.717) is 5.92 Å². The Morgan fingerprint density at radius 2 is 2.08 bits per heavy atom. The van der Waals surface area contributed by atoms with E-state index in [1.54, 1.807) is 7.11 Å². The molecule has 0 bridgehead atoms. The maximum absolute atomic E-state index is 5.71. The third-order valence-electron chi connectivity index (χ3n) is 2.07. The molecule has 1 unspecified atom stereocenters. The van der Waals surface area contributed by atoms with Gasteiger partial charge in [-0.25, -0.2) is 0 Å². The molecule has 0 spiro atoms. The SMILES string of the molecule is COC(C)(C)CCSCC(C)CCl. The molecule has 0 saturated carbocycles. The standard InChI is InChI=1S/C10H21ClOS/c1-9(7-11)8-13-6-5-10(2,3)12-4/h9H,5-8H2,1-4H3. The summed E-state index contributed by atoms with van der Waals surface area (Å²) < 4.78 is 5.33. The zero-order valence-electron chi connectivity index (χ0n) is 9.10. The molecule has 1 atom stereocenters. The molecule has 0 rings (SSSR count). The molecule has 0 aromatic carbocycles. The van der Waals surface area contributed by atoms with Gasteiger partial charge in [0, 0.05) is 13.0 Å². The smallest absolute Gasteiger partial charge is 0.0630 e. The Morgan fingerprint density at radius 1 is 1.46 bits per heavy atom. The predicted octanol–water partition coefficient (Wildman–Crippen LogP) is 3.41. The molecule has 0 fully saturated rings. The molecule has 0 amide bonds. The van der Waals surface area contributed by atoms with Crippen molar-refractivity contribution >= 4 is 23.4 Å². The fourth-order valence-electron chi connectivity index (χ4n) is 0.749. The van der Waals surface area contributed by atoms with Crippen LogP contribution in [-0.2, 0) is 4.74 Å². The predicted molar refractivity (Wildman–Crippen MR) is 62.9 cm³/mol. The van der Waals surface area contributed by atoms with Crippen LogP contribution in [0.3, 0.4) is 0 Å². The molecule has 0 aromatic rings. The van der Waals surface area contributed by atoms with Gasteiger partial charge in [0.05, 0.1) is 5.60 Å². The van der Waals surface area contributed by atoms with Crippen LogP contribution in [0.4, 0.5) is 0 Å². The number of halogens is 1. The Kier molecular flexibility index (Phi) is 7.29. The van der Waals surface area contributed by atoms with Gasteiger partial charge in [-0.15, -0.1) is 11.6 Å². The maximum atomic E-state index is 5.71. The van der Waals surface area contributed by atoms with E-state index in [9.17, 15) is 0 Å². The fraction of sp³-hybridized carbons (Fsp3) is 1.00. The molecule has 0 heterocycles. The van der Waals surface area contributed by atoms with E-state index in [0.717, 1.165) is 23.8 Å². The van der Waals surface area contributed by atoms with Crippen molar-refractivity contribution < 1.29 is 4.74 Å². The first kappa shape index (κ1) is 13.6. The minimum Gasteiger partial charge on any atom is -0.379 e. The van der Waals surface area contributed by atoms with Crippen molar-refractivity contribution in [3.8, 4) is 0 Å². The molecule has 80 valence electrons. The van der Waals surface area contributed by atoms with Crippen LogP contribution in [-0.4, -0.2) is 30.1 Å². The third kappa shape index (κ3) is 7.65. The summed E-state index contributed by atoms with van der Waals surface area (Å²) in [6, 6.07) is 0. The molecule has 0 aliphatic rings. The molecule has 1 nitrogen and oxygen atoms in total. The highest BCUT2D eigenvalue weighted by atomic mass is 35.5. The van der Waals surface area contributed by atoms with Gasteiger partial charge in [-0.05, 0) is 37.7 Å². The summed E-state index contributed by atoms with van der Waals surface area (Å²) in [5, 5.41) is 0. The lowest BCUT2D eigenvalue weighted by molar-refractivity contribution is 0.0206. The molecule has 0 N–H and O–H groups in total. The van der Waals surface area contributed by atoms with E-state index in [4.69, 9.17) is 16.3 Å². The first-order valence-electron chi connectivity index (χ1n) is 4.70. The fourth-order valence-corrected chi connectivity index (χ4v) is 2.31. The van der Waals surface area contributed by atoms with Gasteiger partial charge in [0.2, 0.25) is 0 Å². The van der Waals surface area contributed by atoms with Crippen LogP contribution in [0.25, 0.3) is 0 Å². The van der Waals surface area contributed by atoms with E-state index < -0.39 is 0 Å². The lowest BCUT2D eigenvalue weighted by Gasteiger charge is -2.22. The van der Waals surface area contributed by atoms with E-state index in [2.05, 4.69) is 20.8 Å². The van der Waals surface area contributed by atoms with Crippen LogP contribution in [0.15, 0.2) is 0 Å². The minimum absolute atomic E-state index is 0.0250. The van der Waals surface area contributed by atoms with Crippen LogP contribution in [0, 0.1) is 5.92 Å². The van der Waals surface area contributed by atoms with Gasteiger partial charge in [-0.1, -0.05) is 6.92 Å². The summed E-state index contributed by atoms with van der Waals surface area (Å²) in [5.74, 6) is 3.70. The molecule has 0 aromatic heterocycles. The Morgan fingerprint density at radius 3 is 2.54 bits per heavy atom. The van der Waals surface area contributed by atoms with E-state index >= 15 is 0 Å². The summed E-state index contributed by atoms with van der Waals surface area (Å²) >= 11 is 7.67. The minimum atomic E-state index is 0.0250. The number of ether oxygens (including phenoxy) is 1. The summed E-state index contributed by atoms with van der Waals surface area (Å²) in [6.45, 7) is 6.43. The van der Waals surface area contributed by atoms with Crippen molar-refractivity contribution in [2.75, 3.05) is 24.5 Å². The molecular weight excluding hydrogens is 204 g/mol. The Bertz CT molecular complexity index is 128. The monoisotopic (exact) mass is 224 g/mol. The summed E-state index contributed by atoms with van der Waals surface area (Å²) in [4.78, 5) is 0. The van der Waals surface area contributed by atoms with Crippen LogP contribution in [0.1, 0.15) is 27.2 Å². The van der Waals surface area contributed by atoms with Crippen LogP contribution in [0.5, 0.6) is 0 Å². The Labute approximate surface area is 91.6 Å². The second-order valence-electron chi connectivity index (χ2n) is 4.05. The van der Waals surface area contributed by atoms with E-state index in [1.807, 2.05) is 11.8 Å². The summed E-state index contributed by atoms with van der Waals surface area (Å²) in [6.07, 6.45) is 1.10. The van der Waals surface area contributed by atoms with E-state index in [-0.39, 0.29) is 5.60 Å². The topological polar surface area (TPSA) is 9.23 Å². The van der Waals surface area contributed by atoms with Gasteiger partial charge in [0.1, 0.15) is 0 Å². The highest BCUT2D eigenvalue weighted by molar-refractivity contribution is 7.99. The Balaban J connectivity index is 3.35. The number of rotatable bonds is 7. The Hall–Kier alpha value is 0.600. The average Bonchev–Trinajstić information content (AvgIpc) is 2.12.